The molecular weight excluding hydrogens is 328 g/mol. The van der Waals surface area contributed by atoms with Crippen LogP contribution in [0.25, 0.3) is 0 Å². The minimum atomic E-state index is -0.724. The van der Waals surface area contributed by atoms with Crippen LogP contribution in [0.2, 0.25) is 0 Å². The molecule has 3 unspecified atom stereocenters. The number of nitrogens with zero attached hydrogens (tertiary/aromatic N) is 1. The van der Waals surface area contributed by atoms with Gasteiger partial charge in [0.25, 0.3) is 0 Å². The van der Waals surface area contributed by atoms with E-state index in [1.807, 2.05) is 12.1 Å². The van der Waals surface area contributed by atoms with E-state index in [1.54, 1.807) is 0 Å². The van der Waals surface area contributed by atoms with Crippen LogP contribution in [0, 0.1) is 0 Å². The average molecular weight is 360 g/mol. The lowest BCUT2D eigenvalue weighted by atomic mass is 9.92. The van der Waals surface area contributed by atoms with Gasteiger partial charge in [-0.05, 0) is 74.4 Å². The van der Waals surface area contributed by atoms with Gasteiger partial charge in [-0.1, -0.05) is 19.9 Å². The van der Waals surface area contributed by atoms with E-state index in [0.717, 1.165) is 49.2 Å². The van der Waals surface area contributed by atoms with Crippen LogP contribution in [0.15, 0.2) is 18.2 Å². The molecule has 1 aromatic rings. The zero-order chi connectivity index (χ0) is 18.5. The van der Waals surface area contributed by atoms with Gasteiger partial charge in [0.15, 0.2) is 0 Å². The fraction of sp³-hybridized carbons (Fsp3) is 0.667. The van der Waals surface area contributed by atoms with Gasteiger partial charge < -0.3 is 20.1 Å². The molecular formula is C21H32N2O3. The maximum Gasteiger partial charge on any atom is 0.207 e. The Hall–Kier alpha value is -1.59. The number of hydrogen-bond acceptors (Lipinski definition) is 4. The van der Waals surface area contributed by atoms with Gasteiger partial charge in [0.1, 0.15) is 11.9 Å². The van der Waals surface area contributed by atoms with Crippen molar-refractivity contribution in [3.63, 3.8) is 0 Å². The maximum absolute atomic E-state index is 11.1. The number of likely N-dealkylation sites (tertiary alicyclic amines) is 1. The summed E-state index contributed by atoms with van der Waals surface area (Å²) in [5, 5.41) is 13.8. The summed E-state index contributed by atoms with van der Waals surface area (Å²) < 4.78 is 6.07. The second-order valence-electron chi connectivity index (χ2n) is 7.77. The SMILES string of the molecule is CCC(C)c1cc(C(O)C(CN2CCCC2)NC=O)ccc1OC1CC1. The van der Waals surface area contributed by atoms with Gasteiger partial charge in [-0.2, -0.15) is 0 Å². The quantitative estimate of drug-likeness (QED) is 0.630. The molecule has 3 rings (SSSR count). The third-order valence-corrected chi connectivity index (χ3v) is 5.65. The van der Waals surface area contributed by atoms with Crippen molar-refractivity contribution in [2.75, 3.05) is 19.6 Å². The van der Waals surface area contributed by atoms with Crippen LogP contribution in [0.3, 0.4) is 0 Å². The molecule has 2 fully saturated rings. The molecule has 144 valence electrons. The topological polar surface area (TPSA) is 61.8 Å². The molecule has 0 radical (unpaired) electrons. The first kappa shape index (κ1) is 19.2. The Morgan fingerprint density at radius 3 is 2.69 bits per heavy atom. The second kappa shape index (κ2) is 8.87. The highest BCUT2D eigenvalue weighted by Crippen LogP contribution is 2.36. The van der Waals surface area contributed by atoms with Crippen molar-refractivity contribution < 1.29 is 14.6 Å². The van der Waals surface area contributed by atoms with Crippen molar-refractivity contribution in [3.05, 3.63) is 29.3 Å². The molecule has 1 aliphatic carbocycles. The minimum absolute atomic E-state index is 0.300. The summed E-state index contributed by atoms with van der Waals surface area (Å²) in [6, 6.07) is 5.70. The van der Waals surface area contributed by atoms with Crippen LogP contribution in [0.5, 0.6) is 5.75 Å². The van der Waals surface area contributed by atoms with Crippen LogP contribution in [0.1, 0.15) is 69.1 Å². The summed E-state index contributed by atoms with van der Waals surface area (Å²) in [5.74, 6) is 1.31. The monoisotopic (exact) mass is 360 g/mol. The van der Waals surface area contributed by atoms with E-state index in [-0.39, 0.29) is 6.04 Å². The van der Waals surface area contributed by atoms with Gasteiger partial charge in [-0.15, -0.1) is 0 Å². The number of carbonyl (C=O) groups excluding carboxylic acids is 1. The summed E-state index contributed by atoms with van der Waals surface area (Å²) in [7, 11) is 0. The van der Waals surface area contributed by atoms with Gasteiger partial charge in [0, 0.05) is 6.54 Å². The summed E-state index contributed by atoms with van der Waals surface area (Å²) in [5.41, 5.74) is 2.00. The van der Waals surface area contributed by atoms with Crippen LogP contribution in [-0.4, -0.2) is 48.2 Å². The van der Waals surface area contributed by atoms with Crippen LogP contribution >= 0.6 is 0 Å². The number of aliphatic hydroxyl groups excluding tert-OH is 1. The number of carbonyl (C=O) groups is 1. The third-order valence-electron chi connectivity index (χ3n) is 5.65. The molecule has 0 aromatic heterocycles. The molecule has 26 heavy (non-hydrogen) atoms. The molecule has 3 atom stereocenters. The van der Waals surface area contributed by atoms with Gasteiger partial charge in [0.05, 0.1) is 12.1 Å². The van der Waals surface area contributed by atoms with Crippen molar-refractivity contribution in [3.8, 4) is 5.75 Å². The van der Waals surface area contributed by atoms with Gasteiger partial charge in [-0.25, -0.2) is 0 Å². The van der Waals surface area contributed by atoms with Crippen LogP contribution in [0.4, 0.5) is 0 Å². The van der Waals surface area contributed by atoms with Gasteiger partial charge in [-0.3, -0.25) is 4.79 Å². The Morgan fingerprint density at radius 2 is 2.08 bits per heavy atom. The fourth-order valence-corrected chi connectivity index (χ4v) is 3.64. The number of ether oxygens (including phenoxy) is 1. The Balaban J connectivity index is 1.78. The zero-order valence-corrected chi connectivity index (χ0v) is 16.0. The van der Waals surface area contributed by atoms with Gasteiger partial charge in [0.2, 0.25) is 6.41 Å². The Bertz CT molecular complexity index is 597. The van der Waals surface area contributed by atoms with E-state index in [2.05, 4.69) is 30.1 Å². The molecule has 2 N–H and O–H groups in total. The smallest absolute Gasteiger partial charge is 0.207 e. The predicted molar refractivity (Wildman–Crippen MR) is 102 cm³/mol. The lowest BCUT2D eigenvalue weighted by molar-refractivity contribution is -0.111. The highest BCUT2D eigenvalue weighted by molar-refractivity contribution is 5.47. The van der Waals surface area contributed by atoms with Crippen LogP contribution in [-0.2, 0) is 4.79 Å². The molecule has 2 aliphatic rings. The molecule has 1 heterocycles. The second-order valence-corrected chi connectivity index (χ2v) is 7.77. The lowest BCUT2D eigenvalue weighted by Crippen LogP contribution is -2.43. The van der Waals surface area contributed by atoms with Crippen molar-refractivity contribution in [2.24, 2.45) is 0 Å². The lowest BCUT2D eigenvalue weighted by Gasteiger charge is -2.28. The number of amides is 1. The Kier molecular flexibility index (Phi) is 6.54. The predicted octanol–water partition coefficient (Wildman–Crippen LogP) is 2.99. The number of hydrogen-bond donors (Lipinski definition) is 2. The molecule has 1 aromatic carbocycles. The van der Waals surface area contributed by atoms with Crippen molar-refractivity contribution in [1.29, 1.82) is 0 Å². The maximum atomic E-state index is 11.1. The first-order valence-corrected chi connectivity index (χ1v) is 10.0. The van der Waals surface area contributed by atoms with Crippen molar-refractivity contribution in [1.82, 2.24) is 10.2 Å². The highest BCUT2D eigenvalue weighted by atomic mass is 16.5. The third kappa shape index (κ3) is 4.77. The fourth-order valence-electron chi connectivity index (χ4n) is 3.64. The molecule has 5 nitrogen and oxygen atoms in total. The van der Waals surface area contributed by atoms with E-state index < -0.39 is 6.10 Å². The molecule has 1 saturated carbocycles. The van der Waals surface area contributed by atoms with Crippen molar-refractivity contribution in [2.45, 2.75) is 70.1 Å². The number of nitrogens with one attached hydrogen (secondary N) is 1. The summed E-state index contributed by atoms with van der Waals surface area (Å²) in [4.78, 5) is 13.4. The number of aliphatic hydroxyl groups is 1. The van der Waals surface area contributed by atoms with E-state index in [4.69, 9.17) is 4.74 Å². The van der Waals surface area contributed by atoms with E-state index in [0.29, 0.717) is 25.0 Å². The van der Waals surface area contributed by atoms with Crippen LogP contribution < -0.4 is 10.1 Å². The normalized spacial score (nSPS) is 21.2. The highest BCUT2D eigenvalue weighted by Gasteiger charge is 2.28. The summed E-state index contributed by atoms with van der Waals surface area (Å²) in [6.07, 6.45) is 5.99. The van der Waals surface area contributed by atoms with Crippen molar-refractivity contribution >= 4 is 6.41 Å². The molecule has 1 aliphatic heterocycles. The standard InChI is InChI=1S/C21H32N2O3/c1-3-15(2)18-12-16(6-9-20(18)26-17-7-8-17)21(25)19(22-14-24)13-23-10-4-5-11-23/h6,9,12,14-15,17,19,21,25H,3-5,7-8,10-11,13H2,1-2H3,(H,22,24). The van der Waals surface area contributed by atoms with E-state index >= 15 is 0 Å². The number of rotatable bonds is 10. The summed E-state index contributed by atoms with van der Waals surface area (Å²) in [6.45, 7) is 7.11. The average Bonchev–Trinajstić information content (AvgIpc) is 3.32. The number of benzene rings is 1. The molecule has 1 saturated heterocycles. The Labute approximate surface area is 156 Å². The molecule has 1 amide bonds. The summed E-state index contributed by atoms with van der Waals surface area (Å²) >= 11 is 0. The zero-order valence-electron chi connectivity index (χ0n) is 16.0. The molecule has 0 spiro atoms. The van der Waals surface area contributed by atoms with E-state index in [1.165, 1.54) is 12.8 Å². The first-order valence-electron chi connectivity index (χ1n) is 10.0. The minimum Gasteiger partial charge on any atom is -0.490 e. The first-order chi connectivity index (χ1) is 12.6. The van der Waals surface area contributed by atoms with Gasteiger partial charge >= 0.3 is 0 Å². The molecule has 5 heteroatoms. The molecule has 0 bridgehead atoms. The largest absolute Gasteiger partial charge is 0.490 e. The Morgan fingerprint density at radius 1 is 1.35 bits per heavy atom. The van der Waals surface area contributed by atoms with E-state index in [9.17, 15) is 9.90 Å².